The SMILES string of the molecule is COCCN(Cc1ccco1)C(=O)c1ccc([N+](=O)[O-])o1. The van der Waals surface area contributed by atoms with E-state index in [9.17, 15) is 14.9 Å². The molecule has 0 bridgehead atoms. The molecule has 0 aliphatic carbocycles. The average molecular weight is 294 g/mol. The third kappa shape index (κ3) is 3.69. The highest BCUT2D eigenvalue weighted by molar-refractivity contribution is 5.91. The monoisotopic (exact) mass is 294 g/mol. The van der Waals surface area contributed by atoms with Gasteiger partial charge in [-0.25, -0.2) is 0 Å². The van der Waals surface area contributed by atoms with E-state index in [4.69, 9.17) is 13.6 Å². The Morgan fingerprint density at radius 2 is 2.24 bits per heavy atom. The number of rotatable bonds is 7. The molecular weight excluding hydrogens is 280 g/mol. The molecule has 2 aromatic heterocycles. The summed E-state index contributed by atoms with van der Waals surface area (Å²) in [6.45, 7) is 0.865. The number of ether oxygens (including phenoxy) is 1. The van der Waals surface area contributed by atoms with Crippen molar-refractivity contribution in [1.29, 1.82) is 0 Å². The minimum absolute atomic E-state index is 0.0932. The lowest BCUT2D eigenvalue weighted by Crippen LogP contribution is -2.33. The van der Waals surface area contributed by atoms with Gasteiger partial charge in [0.2, 0.25) is 0 Å². The van der Waals surface area contributed by atoms with Crippen molar-refractivity contribution >= 4 is 11.8 Å². The predicted octanol–water partition coefficient (Wildman–Crippen LogP) is 2.07. The Kier molecular flexibility index (Phi) is 4.72. The first-order chi connectivity index (χ1) is 10.1. The zero-order valence-electron chi connectivity index (χ0n) is 11.4. The van der Waals surface area contributed by atoms with Crippen molar-refractivity contribution in [2.75, 3.05) is 20.3 Å². The van der Waals surface area contributed by atoms with Crippen LogP contribution >= 0.6 is 0 Å². The van der Waals surface area contributed by atoms with Crippen LogP contribution in [0.3, 0.4) is 0 Å². The summed E-state index contributed by atoms with van der Waals surface area (Å²) in [6.07, 6.45) is 1.51. The Morgan fingerprint density at radius 1 is 1.43 bits per heavy atom. The van der Waals surface area contributed by atoms with E-state index in [1.807, 2.05) is 0 Å². The summed E-state index contributed by atoms with van der Waals surface area (Å²) in [5, 5.41) is 10.6. The highest BCUT2D eigenvalue weighted by atomic mass is 16.6. The molecule has 21 heavy (non-hydrogen) atoms. The number of hydrogen-bond acceptors (Lipinski definition) is 6. The molecule has 0 saturated heterocycles. The van der Waals surface area contributed by atoms with Crippen LogP contribution in [0.5, 0.6) is 0 Å². The number of amides is 1. The topological polar surface area (TPSA) is 99.0 Å². The van der Waals surface area contributed by atoms with Gasteiger partial charge in [0.25, 0.3) is 5.91 Å². The summed E-state index contributed by atoms with van der Waals surface area (Å²) in [4.78, 5) is 23.7. The first kappa shape index (κ1) is 14.8. The van der Waals surface area contributed by atoms with Gasteiger partial charge in [0, 0.05) is 13.7 Å². The number of furan rings is 2. The molecule has 0 radical (unpaired) electrons. The molecule has 1 amide bonds. The fourth-order valence-electron chi connectivity index (χ4n) is 1.74. The smallest absolute Gasteiger partial charge is 0.433 e. The van der Waals surface area contributed by atoms with E-state index in [2.05, 4.69) is 0 Å². The Hall–Kier alpha value is -2.61. The molecule has 2 aromatic rings. The first-order valence-corrected chi connectivity index (χ1v) is 6.16. The van der Waals surface area contributed by atoms with Crippen LogP contribution in [0.15, 0.2) is 39.4 Å². The number of methoxy groups -OCH3 is 1. The van der Waals surface area contributed by atoms with Crippen molar-refractivity contribution in [1.82, 2.24) is 4.90 Å². The third-order valence-corrected chi connectivity index (χ3v) is 2.76. The molecule has 112 valence electrons. The summed E-state index contributed by atoms with van der Waals surface area (Å²) in [7, 11) is 1.52. The summed E-state index contributed by atoms with van der Waals surface area (Å²) in [6, 6.07) is 5.88. The molecule has 0 aliphatic heterocycles. The second kappa shape index (κ2) is 6.71. The van der Waals surface area contributed by atoms with Crippen LogP contribution in [0, 0.1) is 10.1 Å². The molecule has 0 fully saturated rings. The van der Waals surface area contributed by atoms with Gasteiger partial charge in [-0.3, -0.25) is 14.9 Å². The quantitative estimate of drug-likeness (QED) is 0.572. The van der Waals surface area contributed by atoms with Crippen molar-refractivity contribution in [3.63, 3.8) is 0 Å². The second-order valence-electron chi connectivity index (χ2n) is 4.19. The molecule has 0 saturated carbocycles. The van der Waals surface area contributed by atoms with Gasteiger partial charge in [0.15, 0.2) is 5.76 Å². The van der Waals surface area contributed by atoms with E-state index < -0.39 is 16.7 Å². The molecule has 0 aliphatic rings. The fourth-order valence-corrected chi connectivity index (χ4v) is 1.74. The number of hydrogen-bond donors (Lipinski definition) is 0. The number of nitrogens with zero attached hydrogens (tertiary/aromatic N) is 2. The van der Waals surface area contributed by atoms with Crippen molar-refractivity contribution in [3.05, 3.63) is 52.2 Å². The van der Waals surface area contributed by atoms with Crippen LogP contribution < -0.4 is 0 Å². The summed E-state index contributed by atoms with van der Waals surface area (Å²) >= 11 is 0. The fraction of sp³-hybridized carbons (Fsp3) is 0.308. The van der Waals surface area contributed by atoms with Gasteiger partial charge < -0.3 is 18.5 Å². The van der Waals surface area contributed by atoms with Gasteiger partial charge >= 0.3 is 5.88 Å². The average Bonchev–Trinajstić information content (AvgIpc) is 3.13. The molecule has 0 N–H and O–H groups in total. The normalized spacial score (nSPS) is 10.5. The lowest BCUT2D eigenvalue weighted by molar-refractivity contribution is -0.402. The van der Waals surface area contributed by atoms with Gasteiger partial charge in [-0.15, -0.1) is 0 Å². The zero-order chi connectivity index (χ0) is 15.2. The molecule has 0 unspecified atom stereocenters. The van der Waals surface area contributed by atoms with Gasteiger partial charge in [0.1, 0.15) is 10.7 Å². The standard InChI is InChI=1S/C13H14N2O6/c1-19-8-6-14(9-10-3-2-7-20-10)13(16)11-4-5-12(21-11)15(17)18/h2-5,7H,6,8-9H2,1H3. The van der Waals surface area contributed by atoms with Gasteiger partial charge in [-0.1, -0.05) is 0 Å². The minimum atomic E-state index is -0.692. The summed E-state index contributed by atoms with van der Waals surface area (Å²) in [5.41, 5.74) is 0. The van der Waals surface area contributed by atoms with Crippen LogP contribution in [0.1, 0.15) is 16.3 Å². The molecule has 2 heterocycles. The minimum Gasteiger partial charge on any atom is -0.467 e. The predicted molar refractivity (Wildman–Crippen MR) is 70.7 cm³/mol. The lowest BCUT2D eigenvalue weighted by Gasteiger charge is -2.19. The Labute approximate surface area is 120 Å². The van der Waals surface area contributed by atoms with Gasteiger partial charge in [0.05, 0.1) is 25.5 Å². The van der Waals surface area contributed by atoms with E-state index in [1.165, 1.54) is 24.3 Å². The van der Waals surface area contributed by atoms with Crippen molar-refractivity contribution in [3.8, 4) is 0 Å². The maximum atomic E-state index is 12.3. The highest BCUT2D eigenvalue weighted by Crippen LogP contribution is 2.18. The maximum absolute atomic E-state index is 12.3. The first-order valence-electron chi connectivity index (χ1n) is 6.16. The third-order valence-electron chi connectivity index (χ3n) is 2.76. The maximum Gasteiger partial charge on any atom is 0.433 e. The molecule has 8 heteroatoms. The lowest BCUT2D eigenvalue weighted by atomic mass is 10.3. The van der Waals surface area contributed by atoms with E-state index in [-0.39, 0.29) is 12.3 Å². The highest BCUT2D eigenvalue weighted by Gasteiger charge is 2.23. The van der Waals surface area contributed by atoms with Crippen LogP contribution in [0.4, 0.5) is 5.88 Å². The van der Waals surface area contributed by atoms with Gasteiger partial charge in [-0.2, -0.15) is 0 Å². The van der Waals surface area contributed by atoms with Crippen LogP contribution in [0.2, 0.25) is 0 Å². The molecular formula is C13H14N2O6. The van der Waals surface area contributed by atoms with E-state index in [1.54, 1.807) is 12.1 Å². The second-order valence-corrected chi connectivity index (χ2v) is 4.19. The van der Waals surface area contributed by atoms with Crippen LogP contribution in [-0.2, 0) is 11.3 Å². The molecule has 0 aromatic carbocycles. The molecule has 2 rings (SSSR count). The van der Waals surface area contributed by atoms with E-state index in [0.717, 1.165) is 6.07 Å². The molecule has 0 atom stereocenters. The van der Waals surface area contributed by atoms with Crippen LogP contribution in [-0.4, -0.2) is 36.0 Å². The van der Waals surface area contributed by atoms with Crippen molar-refractivity contribution < 1.29 is 23.3 Å². The number of nitro groups is 1. The van der Waals surface area contributed by atoms with Gasteiger partial charge in [-0.05, 0) is 18.2 Å². The van der Waals surface area contributed by atoms with Crippen molar-refractivity contribution in [2.45, 2.75) is 6.54 Å². The Bertz CT molecular complexity index is 604. The van der Waals surface area contributed by atoms with E-state index >= 15 is 0 Å². The van der Waals surface area contributed by atoms with Crippen molar-refractivity contribution in [2.24, 2.45) is 0 Å². The Balaban J connectivity index is 2.13. The summed E-state index contributed by atoms with van der Waals surface area (Å²) in [5.74, 6) is -0.426. The molecule has 0 spiro atoms. The number of carbonyl (C=O) groups excluding carboxylic acids is 1. The largest absolute Gasteiger partial charge is 0.467 e. The Morgan fingerprint density at radius 3 is 2.81 bits per heavy atom. The van der Waals surface area contributed by atoms with Crippen LogP contribution in [0.25, 0.3) is 0 Å². The summed E-state index contributed by atoms with van der Waals surface area (Å²) < 4.78 is 15.1. The van der Waals surface area contributed by atoms with E-state index in [0.29, 0.717) is 18.9 Å². The zero-order valence-corrected chi connectivity index (χ0v) is 11.4. The number of carbonyl (C=O) groups is 1. The molecule has 8 nitrogen and oxygen atoms in total.